The molecule has 0 spiro atoms. The summed E-state index contributed by atoms with van der Waals surface area (Å²) in [6, 6.07) is 4.48. The molecule has 0 unspecified atom stereocenters. The Kier molecular flexibility index (Phi) is 5.05. The van der Waals surface area contributed by atoms with Gasteiger partial charge < -0.3 is 15.3 Å². The van der Waals surface area contributed by atoms with Crippen molar-refractivity contribution < 1.29 is 9.90 Å². The van der Waals surface area contributed by atoms with Gasteiger partial charge >= 0.3 is 0 Å². The van der Waals surface area contributed by atoms with Gasteiger partial charge in [0.25, 0.3) is 5.91 Å². The number of phenols is 1. The molecule has 2 N–H and O–H groups in total. The summed E-state index contributed by atoms with van der Waals surface area (Å²) in [5.74, 6) is -0.157. The smallest absolute Gasteiger partial charge is 0.251 e. The minimum atomic E-state index is -0.150. The zero-order valence-corrected chi connectivity index (χ0v) is 11.6. The molecule has 1 aromatic carbocycles. The zero-order chi connectivity index (χ0) is 13.7. The van der Waals surface area contributed by atoms with Crippen molar-refractivity contribution in [1.82, 2.24) is 10.2 Å². The number of amides is 1. The second-order valence-electron chi connectivity index (χ2n) is 4.82. The largest absolute Gasteiger partial charge is 0.506 e. The number of nitrogens with one attached hydrogen (secondary N) is 1. The molecule has 1 aliphatic heterocycles. The first-order valence-electron chi connectivity index (χ1n) is 6.66. The summed E-state index contributed by atoms with van der Waals surface area (Å²) in [4.78, 5) is 14.3. The Bertz CT molecular complexity index is 445. The zero-order valence-electron chi connectivity index (χ0n) is 10.9. The summed E-state index contributed by atoms with van der Waals surface area (Å²) in [5.41, 5.74) is 0.476. The van der Waals surface area contributed by atoms with E-state index in [1.54, 1.807) is 6.07 Å². The second-order valence-corrected chi connectivity index (χ2v) is 5.23. The van der Waals surface area contributed by atoms with Gasteiger partial charge in [-0.2, -0.15) is 0 Å². The lowest BCUT2D eigenvalue weighted by molar-refractivity contribution is 0.0952. The molecule has 1 heterocycles. The number of aromatic hydroxyl groups is 1. The molecule has 2 rings (SSSR count). The Labute approximate surface area is 118 Å². The summed E-state index contributed by atoms with van der Waals surface area (Å²) in [6.07, 6.45) is 3.54. The Morgan fingerprint density at radius 2 is 2.11 bits per heavy atom. The lowest BCUT2D eigenvalue weighted by Gasteiger charge is -2.14. The minimum Gasteiger partial charge on any atom is -0.506 e. The fourth-order valence-electron chi connectivity index (χ4n) is 2.26. The van der Waals surface area contributed by atoms with E-state index in [1.807, 2.05) is 0 Å². The number of nitrogens with zero attached hydrogens (tertiary/aromatic N) is 1. The lowest BCUT2D eigenvalue weighted by atomic mass is 10.2. The van der Waals surface area contributed by atoms with E-state index in [2.05, 4.69) is 10.2 Å². The number of carbonyl (C=O) groups excluding carboxylic acids is 1. The second kappa shape index (κ2) is 6.78. The Morgan fingerprint density at radius 1 is 1.37 bits per heavy atom. The number of phenolic OH excluding ortho intramolecular Hbond substituents is 1. The van der Waals surface area contributed by atoms with Crippen LogP contribution in [0.25, 0.3) is 0 Å². The molecule has 1 amide bonds. The standard InChI is InChI=1S/C14H19ClN2O2/c15-12-10-11(4-5-13(12)18)14(19)16-6-3-9-17-7-1-2-8-17/h4-5,10,18H,1-3,6-9H2,(H,16,19). The van der Waals surface area contributed by atoms with Crippen LogP contribution in [0.1, 0.15) is 29.6 Å². The normalized spacial score (nSPS) is 15.6. The molecule has 1 fully saturated rings. The third-order valence-corrected chi connectivity index (χ3v) is 3.65. The first-order valence-corrected chi connectivity index (χ1v) is 7.03. The molecule has 1 aromatic rings. The number of carbonyl (C=O) groups is 1. The number of benzene rings is 1. The Hall–Kier alpha value is -1.26. The van der Waals surface area contributed by atoms with E-state index in [1.165, 1.54) is 38.1 Å². The van der Waals surface area contributed by atoms with Gasteiger partial charge in [-0.1, -0.05) is 11.6 Å². The van der Waals surface area contributed by atoms with Crippen molar-refractivity contribution in [3.05, 3.63) is 28.8 Å². The number of hydrogen-bond acceptors (Lipinski definition) is 3. The van der Waals surface area contributed by atoms with Gasteiger partial charge in [-0.15, -0.1) is 0 Å². The molecule has 5 heteroatoms. The van der Waals surface area contributed by atoms with E-state index in [0.29, 0.717) is 12.1 Å². The predicted molar refractivity (Wildman–Crippen MR) is 75.7 cm³/mol. The van der Waals surface area contributed by atoms with Crippen LogP contribution in [0.3, 0.4) is 0 Å². The van der Waals surface area contributed by atoms with Crippen molar-refractivity contribution in [3.8, 4) is 5.75 Å². The molecule has 0 aliphatic carbocycles. The average Bonchev–Trinajstić information content (AvgIpc) is 2.91. The summed E-state index contributed by atoms with van der Waals surface area (Å²) < 4.78 is 0. The first kappa shape index (κ1) is 14.2. The maximum Gasteiger partial charge on any atom is 0.251 e. The van der Waals surface area contributed by atoms with E-state index in [9.17, 15) is 9.90 Å². The van der Waals surface area contributed by atoms with Gasteiger partial charge in [0.05, 0.1) is 5.02 Å². The van der Waals surface area contributed by atoms with Gasteiger partial charge in [0.2, 0.25) is 0 Å². The highest BCUT2D eigenvalue weighted by Crippen LogP contribution is 2.23. The van der Waals surface area contributed by atoms with Crippen LogP contribution in [0.4, 0.5) is 0 Å². The van der Waals surface area contributed by atoms with E-state index < -0.39 is 0 Å². The van der Waals surface area contributed by atoms with Crippen LogP contribution in [0, 0.1) is 0 Å². The fourth-order valence-corrected chi connectivity index (χ4v) is 2.44. The van der Waals surface area contributed by atoms with Gasteiger partial charge in [-0.3, -0.25) is 4.79 Å². The monoisotopic (exact) mass is 282 g/mol. The summed E-state index contributed by atoms with van der Waals surface area (Å²) in [7, 11) is 0. The van der Waals surface area contributed by atoms with Crippen molar-refractivity contribution in [1.29, 1.82) is 0 Å². The first-order chi connectivity index (χ1) is 9.16. The molecule has 0 atom stereocenters. The van der Waals surface area contributed by atoms with Crippen molar-refractivity contribution in [2.24, 2.45) is 0 Å². The predicted octanol–water partition coefficient (Wildman–Crippen LogP) is 2.26. The fraction of sp³-hybridized carbons (Fsp3) is 0.500. The van der Waals surface area contributed by atoms with Crippen LogP contribution in [-0.2, 0) is 0 Å². The van der Waals surface area contributed by atoms with E-state index >= 15 is 0 Å². The third kappa shape index (κ3) is 4.11. The van der Waals surface area contributed by atoms with Crippen LogP contribution in [0.2, 0.25) is 5.02 Å². The number of halogens is 1. The molecule has 0 saturated carbocycles. The maximum atomic E-state index is 11.8. The number of likely N-dealkylation sites (tertiary alicyclic amines) is 1. The summed E-state index contributed by atoms with van der Waals surface area (Å²) in [6.45, 7) is 4.06. The maximum absolute atomic E-state index is 11.8. The highest BCUT2D eigenvalue weighted by Gasteiger charge is 2.11. The Morgan fingerprint density at radius 3 is 2.79 bits per heavy atom. The van der Waals surface area contributed by atoms with E-state index in [-0.39, 0.29) is 16.7 Å². The molecule has 4 nitrogen and oxygen atoms in total. The molecular weight excluding hydrogens is 264 g/mol. The SMILES string of the molecule is O=C(NCCCN1CCCC1)c1ccc(O)c(Cl)c1. The van der Waals surface area contributed by atoms with Gasteiger partial charge in [0.15, 0.2) is 0 Å². The quantitative estimate of drug-likeness (QED) is 0.815. The molecular formula is C14H19ClN2O2. The van der Waals surface area contributed by atoms with Gasteiger partial charge in [-0.25, -0.2) is 0 Å². The van der Waals surface area contributed by atoms with Crippen LogP contribution in [0.15, 0.2) is 18.2 Å². The highest BCUT2D eigenvalue weighted by atomic mass is 35.5. The average molecular weight is 283 g/mol. The topological polar surface area (TPSA) is 52.6 Å². The molecule has 0 radical (unpaired) electrons. The van der Waals surface area contributed by atoms with Crippen LogP contribution in [-0.4, -0.2) is 42.1 Å². The lowest BCUT2D eigenvalue weighted by Crippen LogP contribution is -2.28. The van der Waals surface area contributed by atoms with Gasteiger partial charge in [0.1, 0.15) is 5.75 Å². The third-order valence-electron chi connectivity index (χ3n) is 3.35. The molecule has 1 aliphatic rings. The van der Waals surface area contributed by atoms with Crippen molar-refractivity contribution in [3.63, 3.8) is 0 Å². The van der Waals surface area contributed by atoms with Crippen LogP contribution in [0.5, 0.6) is 5.75 Å². The molecule has 0 bridgehead atoms. The van der Waals surface area contributed by atoms with E-state index in [0.717, 1.165) is 13.0 Å². The molecule has 104 valence electrons. The van der Waals surface area contributed by atoms with E-state index in [4.69, 9.17) is 11.6 Å². The summed E-state index contributed by atoms with van der Waals surface area (Å²) >= 11 is 5.77. The molecule has 0 aromatic heterocycles. The Balaban J connectivity index is 1.72. The summed E-state index contributed by atoms with van der Waals surface area (Å²) in [5, 5.41) is 12.4. The van der Waals surface area contributed by atoms with Crippen LogP contribution < -0.4 is 5.32 Å². The van der Waals surface area contributed by atoms with Gasteiger partial charge in [0, 0.05) is 12.1 Å². The van der Waals surface area contributed by atoms with Gasteiger partial charge in [-0.05, 0) is 57.1 Å². The number of hydrogen-bond donors (Lipinski definition) is 2. The van der Waals surface area contributed by atoms with Crippen molar-refractivity contribution >= 4 is 17.5 Å². The molecule has 1 saturated heterocycles. The molecule has 19 heavy (non-hydrogen) atoms. The van der Waals surface area contributed by atoms with Crippen molar-refractivity contribution in [2.75, 3.05) is 26.2 Å². The minimum absolute atomic E-state index is 0.00718. The van der Waals surface area contributed by atoms with Crippen molar-refractivity contribution in [2.45, 2.75) is 19.3 Å². The highest BCUT2D eigenvalue weighted by molar-refractivity contribution is 6.32. The van der Waals surface area contributed by atoms with Crippen LogP contribution >= 0.6 is 11.6 Å². The number of rotatable bonds is 5.